The quantitative estimate of drug-likeness (QED) is 0.781. The van der Waals surface area contributed by atoms with Gasteiger partial charge in [-0.2, -0.15) is 0 Å². The number of hydrogen-bond acceptors (Lipinski definition) is 2. The summed E-state index contributed by atoms with van der Waals surface area (Å²) >= 11 is 5.95. The molecule has 15 heavy (non-hydrogen) atoms. The number of carbonyl (C=O) groups excluding carboxylic acids is 1. The van der Waals surface area contributed by atoms with Crippen molar-refractivity contribution in [3.05, 3.63) is 33.2 Å². The number of fused-ring (bicyclic) bond motifs is 1. The van der Waals surface area contributed by atoms with E-state index in [-0.39, 0.29) is 12.1 Å². The lowest BCUT2D eigenvalue weighted by Crippen LogP contribution is -2.11. The Kier molecular flexibility index (Phi) is 2.36. The molecule has 1 aromatic carbocycles. The number of benzene rings is 1. The van der Waals surface area contributed by atoms with Crippen LogP contribution in [0.4, 0.5) is 0 Å². The summed E-state index contributed by atoms with van der Waals surface area (Å²) in [6, 6.07) is 3.42. The molecular formula is C10H9ClN2O2. The summed E-state index contributed by atoms with van der Waals surface area (Å²) in [6.07, 6.45) is 1.05. The van der Waals surface area contributed by atoms with E-state index in [9.17, 15) is 9.59 Å². The van der Waals surface area contributed by atoms with Crippen LogP contribution in [0.25, 0.3) is 11.0 Å². The van der Waals surface area contributed by atoms with Gasteiger partial charge in [-0.25, -0.2) is 4.79 Å². The van der Waals surface area contributed by atoms with Crippen molar-refractivity contribution >= 4 is 28.9 Å². The Bertz CT molecular complexity index is 583. The van der Waals surface area contributed by atoms with Crippen LogP contribution in [0.1, 0.15) is 5.56 Å². The Balaban J connectivity index is 2.77. The number of H-pyrrole nitrogens is 1. The Labute approximate surface area is 90.5 Å². The number of nitrogens with zero attached hydrogens (tertiary/aromatic N) is 1. The molecule has 4 nitrogen and oxygen atoms in total. The summed E-state index contributed by atoms with van der Waals surface area (Å²) in [5.41, 5.74) is 1.97. The third kappa shape index (κ3) is 1.57. The summed E-state index contributed by atoms with van der Waals surface area (Å²) in [6.45, 7) is 0. The SMILES string of the molecule is Cn1c(=O)[nH]c2cc(Cl)c(CC=O)cc21. The average molecular weight is 225 g/mol. The molecule has 0 fully saturated rings. The van der Waals surface area contributed by atoms with Crippen molar-refractivity contribution in [3.8, 4) is 0 Å². The van der Waals surface area contributed by atoms with E-state index in [1.165, 1.54) is 4.57 Å². The Hall–Kier alpha value is -1.55. The number of rotatable bonds is 2. The molecule has 0 bridgehead atoms. The lowest BCUT2D eigenvalue weighted by Gasteiger charge is -2.01. The predicted molar refractivity (Wildman–Crippen MR) is 58.3 cm³/mol. The summed E-state index contributed by atoms with van der Waals surface area (Å²) in [5.74, 6) is 0. The maximum absolute atomic E-state index is 11.3. The van der Waals surface area contributed by atoms with Crippen molar-refractivity contribution in [2.24, 2.45) is 7.05 Å². The number of aromatic amines is 1. The van der Waals surface area contributed by atoms with Gasteiger partial charge in [0.05, 0.1) is 11.0 Å². The van der Waals surface area contributed by atoms with Crippen LogP contribution in [0.5, 0.6) is 0 Å². The van der Waals surface area contributed by atoms with Gasteiger partial charge in [0.25, 0.3) is 0 Å². The molecule has 2 aromatic rings. The Morgan fingerprint density at radius 2 is 2.27 bits per heavy atom. The minimum Gasteiger partial charge on any atom is -0.305 e. The van der Waals surface area contributed by atoms with Crippen molar-refractivity contribution in [1.29, 1.82) is 0 Å². The molecule has 5 heteroatoms. The van der Waals surface area contributed by atoms with Crippen molar-refractivity contribution < 1.29 is 4.79 Å². The van der Waals surface area contributed by atoms with Crippen molar-refractivity contribution in [1.82, 2.24) is 9.55 Å². The first-order chi connectivity index (χ1) is 7.13. The van der Waals surface area contributed by atoms with Gasteiger partial charge in [-0.1, -0.05) is 11.6 Å². The first-order valence-electron chi connectivity index (χ1n) is 4.44. The Morgan fingerprint density at radius 3 is 2.93 bits per heavy atom. The minimum atomic E-state index is -0.190. The molecule has 1 N–H and O–H groups in total. The number of carbonyl (C=O) groups is 1. The van der Waals surface area contributed by atoms with Crippen molar-refractivity contribution in [3.63, 3.8) is 0 Å². The van der Waals surface area contributed by atoms with Crippen LogP contribution in [0.15, 0.2) is 16.9 Å². The molecule has 0 radical (unpaired) electrons. The van der Waals surface area contributed by atoms with Crippen LogP contribution in [0.3, 0.4) is 0 Å². The topological polar surface area (TPSA) is 54.9 Å². The fourth-order valence-corrected chi connectivity index (χ4v) is 1.78. The van der Waals surface area contributed by atoms with Crippen LogP contribution in [-0.2, 0) is 18.3 Å². The minimum absolute atomic E-state index is 0.190. The van der Waals surface area contributed by atoms with Crippen LogP contribution < -0.4 is 5.69 Å². The molecule has 0 amide bonds. The van der Waals surface area contributed by atoms with Gasteiger partial charge in [0.1, 0.15) is 6.29 Å². The van der Waals surface area contributed by atoms with E-state index in [0.717, 1.165) is 17.4 Å². The van der Waals surface area contributed by atoms with E-state index in [4.69, 9.17) is 11.6 Å². The molecule has 0 saturated heterocycles. The van der Waals surface area contributed by atoms with Gasteiger partial charge < -0.3 is 9.78 Å². The highest BCUT2D eigenvalue weighted by atomic mass is 35.5. The largest absolute Gasteiger partial charge is 0.326 e. The lowest BCUT2D eigenvalue weighted by atomic mass is 10.1. The first-order valence-corrected chi connectivity index (χ1v) is 4.82. The Morgan fingerprint density at radius 1 is 1.53 bits per heavy atom. The lowest BCUT2D eigenvalue weighted by molar-refractivity contribution is -0.107. The summed E-state index contributed by atoms with van der Waals surface area (Å²) in [4.78, 5) is 24.4. The molecule has 0 spiro atoms. The molecule has 0 unspecified atom stereocenters. The molecule has 0 aliphatic carbocycles. The maximum atomic E-state index is 11.3. The molecule has 1 aromatic heterocycles. The zero-order valence-corrected chi connectivity index (χ0v) is 8.84. The molecule has 2 rings (SSSR count). The van der Waals surface area contributed by atoms with Gasteiger partial charge in [0.15, 0.2) is 0 Å². The number of imidazole rings is 1. The monoisotopic (exact) mass is 224 g/mol. The van der Waals surface area contributed by atoms with Crippen LogP contribution >= 0.6 is 11.6 Å². The fraction of sp³-hybridized carbons (Fsp3) is 0.200. The van der Waals surface area contributed by atoms with E-state index in [1.54, 1.807) is 19.2 Å². The molecule has 0 aliphatic rings. The highest BCUT2D eigenvalue weighted by Gasteiger charge is 2.07. The molecule has 1 heterocycles. The first kappa shape index (κ1) is 9.98. The van der Waals surface area contributed by atoms with Gasteiger partial charge in [-0.15, -0.1) is 0 Å². The second-order valence-electron chi connectivity index (χ2n) is 3.32. The van der Waals surface area contributed by atoms with Crippen molar-refractivity contribution in [2.45, 2.75) is 6.42 Å². The summed E-state index contributed by atoms with van der Waals surface area (Å²) < 4.78 is 1.49. The summed E-state index contributed by atoms with van der Waals surface area (Å²) in [7, 11) is 1.67. The second-order valence-corrected chi connectivity index (χ2v) is 3.73. The highest BCUT2D eigenvalue weighted by molar-refractivity contribution is 6.32. The zero-order chi connectivity index (χ0) is 11.0. The van der Waals surface area contributed by atoms with Gasteiger partial charge in [0, 0.05) is 18.5 Å². The standard InChI is InChI=1S/C10H9ClN2O2/c1-13-9-4-6(2-3-14)7(11)5-8(9)12-10(13)15/h3-5H,2H2,1H3,(H,12,15). The average Bonchev–Trinajstić information content (AvgIpc) is 2.45. The molecular weight excluding hydrogens is 216 g/mol. The third-order valence-corrected chi connectivity index (χ3v) is 2.73. The molecule has 0 saturated carbocycles. The molecule has 0 atom stereocenters. The van der Waals surface area contributed by atoms with E-state index < -0.39 is 0 Å². The van der Waals surface area contributed by atoms with Gasteiger partial charge in [0.2, 0.25) is 0 Å². The van der Waals surface area contributed by atoms with Gasteiger partial charge in [-0.3, -0.25) is 4.57 Å². The number of aldehydes is 1. The van der Waals surface area contributed by atoms with Crippen LogP contribution in [0, 0.1) is 0 Å². The number of aromatic nitrogens is 2. The molecule has 0 aliphatic heterocycles. The van der Waals surface area contributed by atoms with E-state index >= 15 is 0 Å². The number of aryl methyl sites for hydroxylation is 1. The zero-order valence-electron chi connectivity index (χ0n) is 8.08. The van der Waals surface area contributed by atoms with E-state index in [1.807, 2.05) is 0 Å². The van der Waals surface area contributed by atoms with Gasteiger partial charge in [-0.05, 0) is 17.7 Å². The van der Waals surface area contributed by atoms with E-state index in [0.29, 0.717) is 10.5 Å². The van der Waals surface area contributed by atoms with Gasteiger partial charge >= 0.3 is 5.69 Å². The third-order valence-electron chi connectivity index (χ3n) is 2.38. The van der Waals surface area contributed by atoms with Crippen molar-refractivity contribution in [2.75, 3.05) is 0 Å². The summed E-state index contributed by atoms with van der Waals surface area (Å²) in [5, 5.41) is 0.497. The van der Waals surface area contributed by atoms with Crippen LogP contribution in [0.2, 0.25) is 5.02 Å². The number of nitrogens with one attached hydrogen (secondary N) is 1. The number of halogens is 1. The highest BCUT2D eigenvalue weighted by Crippen LogP contribution is 2.21. The maximum Gasteiger partial charge on any atom is 0.326 e. The fourth-order valence-electron chi connectivity index (χ4n) is 1.54. The smallest absolute Gasteiger partial charge is 0.305 e. The predicted octanol–water partition coefficient (Wildman–Crippen LogP) is 1.26. The second kappa shape index (κ2) is 3.55. The molecule has 78 valence electrons. The number of hydrogen-bond donors (Lipinski definition) is 1. The normalized spacial score (nSPS) is 10.8. The van der Waals surface area contributed by atoms with E-state index in [2.05, 4.69) is 4.98 Å². The van der Waals surface area contributed by atoms with Crippen LogP contribution in [-0.4, -0.2) is 15.8 Å².